The minimum absolute atomic E-state index is 0.423. The van der Waals surface area contributed by atoms with Crippen LogP contribution in [0.15, 0.2) is 0 Å². The van der Waals surface area contributed by atoms with Gasteiger partial charge in [0.15, 0.2) is 0 Å². The molecule has 0 amide bonds. The average molecular weight is 226 g/mol. The monoisotopic (exact) mass is 226 g/mol. The van der Waals surface area contributed by atoms with Gasteiger partial charge in [0.2, 0.25) is 0 Å². The van der Waals surface area contributed by atoms with Gasteiger partial charge in [-0.1, -0.05) is 13.3 Å². The van der Waals surface area contributed by atoms with Crippen LogP contribution in [0.2, 0.25) is 0 Å². The maximum atomic E-state index is 6.07. The zero-order valence-electron chi connectivity index (χ0n) is 10.7. The molecule has 4 unspecified atom stereocenters. The minimum Gasteiger partial charge on any atom is -0.380 e. The van der Waals surface area contributed by atoms with Gasteiger partial charge < -0.3 is 10.5 Å². The van der Waals surface area contributed by atoms with Crippen molar-refractivity contribution in [2.45, 2.75) is 57.2 Å². The summed E-state index contributed by atoms with van der Waals surface area (Å²) < 4.78 is 5.58. The van der Waals surface area contributed by atoms with E-state index < -0.39 is 0 Å². The van der Waals surface area contributed by atoms with Crippen molar-refractivity contribution in [1.82, 2.24) is 4.90 Å². The smallest absolute Gasteiger partial charge is 0.0724 e. The maximum absolute atomic E-state index is 6.07. The fourth-order valence-electron chi connectivity index (χ4n) is 3.23. The lowest BCUT2D eigenvalue weighted by molar-refractivity contribution is -0.0251. The highest BCUT2D eigenvalue weighted by molar-refractivity contribution is 4.87. The molecule has 0 spiro atoms. The molecule has 1 heterocycles. The summed E-state index contributed by atoms with van der Waals surface area (Å²) in [6, 6.07) is 1.15. The highest BCUT2D eigenvalue weighted by atomic mass is 16.5. The van der Waals surface area contributed by atoms with Crippen molar-refractivity contribution in [3.8, 4) is 0 Å². The van der Waals surface area contributed by atoms with Crippen LogP contribution in [0.1, 0.15) is 39.0 Å². The number of piperidine rings is 1. The minimum atomic E-state index is 0.423. The molecule has 3 heteroatoms. The lowest BCUT2D eigenvalue weighted by atomic mass is 9.87. The van der Waals surface area contributed by atoms with Crippen LogP contribution in [0.3, 0.4) is 0 Å². The van der Waals surface area contributed by atoms with Crippen LogP contribution in [-0.4, -0.2) is 43.3 Å². The number of nitrogens with two attached hydrogens (primary N) is 1. The molecule has 1 aliphatic carbocycles. The van der Waals surface area contributed by atoms with Gasteiger partial charge in [0, 0.05) is 25.7 Å². The van der Waals surface area contributed by atoms with Gasteiger partial charge in [-0.25, -0.2) is 0 Å². The van der Waals surface area contributed by atoms with E-state index in [4.69, 9.17) is 10.5 Å². The summed E-state index contributed by atoms with van der Waals surface area (Å²) in [6.45, 7) is 4.64. The van der Waals surface area contributed by atoms with Gasteiger partial charge in [0.25, 0.3) is 0 Å². The first-order valence-corrected chi connectivity index (χ1v) is 6.73. The third-order valence-electron chi connectivity index (χ3n) is 4.43. The molecule has 16 heavy (non-hydrogen) atoms. The lowest BCUT2D eigenvalue weighted by Crippen LogP contribution is -2.51. The van der Waals surface area contributed by atoms with E-state index in [1.54, 1.807) is 0 Å². The molecule has 1 aliphatic heterocycles. The molecule has 1 saturated heterocycles. The van der Waals surface area contributed by atoms with Crippen LogP contribution in [0.4, 0.5) is 0 Å². The highest BCUT2D eigenvalue weighted by Crippen LogP contribution is 2.27. The molecule has 0 aromatic rings. The third-order valence-corrected chi connectivity index (χ3v) is 4.43. The molecule has 2 fully saturated rings. The second kappa shape index (κ2) is 5.48. The second-order valence-corrected chi connectivity index (χ2v) is 5.62. The molecule has 2 rings (SSSR count). The molecule has 2 N–H and O–H groups in total. The Morgan fingerprint density at radius 3 is 2.75 bits per heavy atom. The van der Waals surface area contributed by atoms with Crippen LogP contribution in [0.25, 0.3) is 0 Å². The molecule has 0 radical (unpaired) electrons. The van der Waals surface area contributed by atoms with E-state index in [-0.39, 0.29) is 0 Å². The van der Waals surface area contributed by atoms with E-state index >= 15 is 0 Å². The fraction of sp³-hybridized carbons (Fsp3) is 1.00. The van der Waals surface area contributed by atoms with Crippen molar-refractivity contribution < 1.29 is 4.74 Å². The summed E-state index contributed by atoms with van der Waals surface area (Å²) in [5.41, 5.74) is 6.07. The standard InChI is InChI=1S/C13H26N2O/c1-10-6-7-15(9-13(10)16-2)12-5-3-4-11(14)8-12/h10-13H,3-9,14H2,1-2H3. The largest absolute Gasteiger partial charge is 0.380 e. The van der Waals surface area contributed by atoms with Gasteiger partial charge in [-0.05, 0) is 38.1 Å². The number of likely N-dealkylation sites (tertiary alicyclic amines) is 1. The Kier molecular flexibility index (Phi) is 4.22. The number of methoxy groups -OCH3 is 1. The predicted octanol–water partition coefficient (Wildman–Crippen LogP) is 1.61. The van der Waals surface area contributed by atoms with E-state index in [1.807, 2.05) is 7.11 Å². The highest BCUT2D eigenvalue weighted by Gasteiger charge is 2.32. The van der Waals surface area contributed by atoms with Crippen LogP contribution < -0.4 is 5.73 Å². The number of rotatable bonds is 2. The maximum Gasteiger partial charge on any atom is 0.0724 e. The molecule has 0 aromatic carbocycles. The van der Waals surface area contributed by atoms with E-state index in [1.165, 1.54) is 38.6 Å². The summed E-state index contributed by atoms with van der Waals surface area (Å²) in [5.74, 6) is 0.707. The zero-order chi connectivity index (χ0) is 11.5. The summed E-state index contributed by atoms with van der Waals surface area (Å²) in [7, 11) is 1.84. The quantitative estimate of drug-likeness (QED) is 0.777. The van der Waals surface area contributed by atoms with Crippen molar-refractivity contribution in [3.05, 3.63) is 0 Å². The molecule has 1 saturated carbocycles. The first kappa shape index (κ1) is 12.3. The number of hydrogen-bond acceptors (Lipinski definition) is 3. The van der Waals surface area contributed by atoms with E-state index in [9.17, 15) is 0 Å². The summed E-state index contributed by atoms with van der Waals surface area (Å²) >= 11 is 0. The molecule has 3 nitrogen and oxygen atoms in total. The van der Waals surface area contributed by atoms with Gasteiger partial charge in [0.1, 0.15) is 0 Å². The SMILES string of the molecule is COC1CN(C2CCCC(N)C2)CCC1C. The number of nitrogens with zero attached hydrogens (tertiary/aromatic N) is 1. The van der Waals surface area contributed by atoms with E-state index in [0.29, 0.717) is 24.1 Å². The molecule has 2 aliphatic rings. The third kappa shape index (κ3) is 2.76. The Bertz CT molecular complexity index is 222. The Morgan fingerprint density at radius 2 is 2.06 bits per heavy atom. The Morgan fingerprint density at radius 1 is 1.25 bits per heavy atom. The van der Waals surface area contributed by atoms with Crippen LogP contribution in [0, 0.1) is 5.92 Å². The topological polar surface area (TPSA) is 38.5 Å². The van der Waals surface area contributed by atoms with Crippen molar-refractivity contribution in [2.75, 3.05) is 20.2 Å². The van der Waals surface area contributed by atoms with Crippen molar-refractivity contribution in [3.63, 3.8) is 0 Å². The van der Waals surface area contributed by atoms with Crippen molar-refractivity contribution in [1.29, 1.82) is 0 Å². The van der Waals surface area contributed by atoms with Gasteiger partial charge >= 0.3 is 0 Å². The van der Waals surface area contributed by atoms with Gasteiger partial charge in [0.05, 0.1) is 6.10 Å². The van der Waals surface area contributed by atoms with Gasteiger partial charge in [-0.15, -0.1) is 0 Å². The first-order chi connectivity index (χ1) is 7.70. The van der Waals surface area contributed by atoms with Crippen LogP contribution >= 0.6 is 0 Å². The molecule has 0 bridgehead atoms. The molecular formula is C13H26N2O. The van der Waals surface area contributed by atoms with Crippen LogP contribution in [0.5, 0.6) is 0 Å². The predicted molar refractivity (Wildman–Crippen MR) is 66.4 cm³/mol. The van der Waals surface area contributed by atoms with Crippen molar-refractivity contribution in [2.24, 2.45) is 11.7 Å². The summed E-state index contributed by atoms with van der Waals surface area (Å²) in [4.78, 5) is 2.62. The lowest BCUT2D eigenvalue weighted by Gasteiger charge is -2.43. The van der Waals surface area contributed by atoms with E-state index in [2.05, 4.69) is 11.8 Å². The zero-order valence-corrected chi connectivity index (χ0v) is 10.7. The Hall–Kier alpha value is -0.120. The molecule has 0 aromatic heterocycles. The number of ether oxygens (including phenoxy) is 1. The molecular weight excluding hydrogens is 200 g/mol. The Labute approximate surface area is 99.3 Å². The van der Waals surface area contributed by atoms with E-state index in [0.717, 1.165) is 6.54 Å². The normalized spacial score (nSPS) is 42.2. The molecule has 94 valence electrons. The number of hydrogen-bond donors (Lipinski definition) is 1. The van der Waals surface area contributed by atoms with Crippen LogP contribution in [-0.2, 0) is 4.74 Å². The second-order valence-electron chi connectivity index (χ2n) is 5.62. The van der Waals surface area contributed by atoms with Crippen molar-refractivity contribution >= 4 is 0 Å². The average Bonchev–Trinajstić information content (AvgIpc) is 2.29. The molecule has 4 atom stereocenters. The summed E-state index contributed by atoms with van der Waals surface area (Å²) in [6.07, 6.45) is 6.73. The fourth-order valence-corrected chi connectivity index (χ4v) is 3.23. The van der Waals surface area contributed by atoms with Gasteiger partial charge in [-0.3, -0.25) is 4.90 Å². The first-order valence-electron chi connectivity index (χ1n) is 6.73. The summed E-state index contributed by atoms with van der Waals surface area (Å²) in [5, 5.41) is 0. The Balaban J connectivity index is 1.89. The van der Waals surface area contributed by atoms with Gasteiger partial charge in [-0.2, -0.15) is 0 Å².